The molecule has 0 saturated heterocycles. The van der Waals surface area contributed by atoms with E-state index in [4.69, 9.17) is 0 Å². The molecule has 0 aliphatic heterocycles. The zero-order valence-electron chi connectivity index (χ0n) is 10.8. The Balaban J connectivity index is 2.03. The fourth-order valence-electron chi connectivity index (χ4n) is 2.04. The van der Waals surface area contributed by atoms with E-state index in [0.29, 0.717) is 6.04 Å². The Kier molecular flexibility index (Phi) is 5.28. The molecule has 2 aromatic rings. The van der Waals surface area contributed by atoms with Crippen LogP contribution in [0.15, 0.2) is 16.8 Å². The standard InChI is InChI=1S/C13H19N3S2/c1-3-11-13(18-16-15-11)12(14-4-2)6-5-10-7-8-17-9-10/h7-9,12,14H,3-6H2,1-2H3. The minimum atomic E-state index is 0.393. The Morgan fingerprint density at radius 1 is 1.39 bits per heavy atom. The Bertz CT molecular complexity index is 451. The number of thiophene rings is 1. The quantitative estimate of drug-likeness (QED) is 0.844. The SMILES string of the molecule is CCNC(CCc1ccsc1)c1snnc1CC. The molecule has 2 rings (SSSR count). The molecule has 3 nitrogen and oxygen atoms in total. The van der Waals surface area contributed by atoms with Crippen LogP contribution in [0.5, 0.6) is 0 Å². The maximum Gasteiger partial charge on any atom is 0.0800 e. The van der Waals surface area contributed by atoms with E-state index in [1.165, 1.54) is 22.0 Å². The van der Waals surface area contributed by atoms with Gasteiger partial charge in [0, 0.05) is 6.04 Å². The molecule has 0 aliphatic carbocycles. The van der Waals surface area contributed by atoms with Gasteiger partial charge in [0.15, 0.2) is 0 Å². The molecule has 0 amide bonds. The van der Waals surface area contributed by atoms with Gasteiger partial charge in [0.2, 0.25) is 0 Å². The smallest absolute Gasteiger partial charge is 0.0800 e. The molecule has 18 heavy (non-hydrogen) atoms. The van der Waals surface area contributed by atoms with Gasteiger partial charge < -0.3 is 5.32 Å². The first-order valence-corrected chi connectivity index (χ1v) is 8.12. The van der Waals surface area contributed by atoms with Crippen LogP contribution in [0.3, 0.4) is 0 Å². The van der Waals surface area contributed by atoms with Crippen molar-refractivity contribution in [3.05, 3.63) is 33.0 Å². The molecular weight excluding hydrogens is 262 g/mol. The van der Waals surface area contributed by atoms with E-state index in [2.05, 4.69) is 45.6 Å². The molecule has 1 unspecified atom stereocenters. The summed E-state index contributed by atoms with van der Waals surface area (Å²) in [5.41, 5.74) is 2.58. The first-order valence-electron chi connectivity index (χ1n) is 6.40. The number of rotatable bonds is 7. The topological polar surface area (TPSA) is 37.8 Å². The van der Waals surface area contributed by atoms with Gasteiger partial charge in [-0.1, -0.05) is 18.3 Å². The highest BCUT2D eigenvalue weighted by Gasteiger charge is 2.17. The lowest BCUT2D eigenvalue weighted by atomic mass is 10.0. The first-order chi connectivity index (χ1) is 8.85. The third-order valence-corrected chi connectivity index (χ3v) is 4.60. The Labute approximate surface area is 116 Å². The lowest BCUT2D eigenvalue weighted by molar-refractivity contribution is 0.519. The van der Waals surface area contributed by atoms with E-state index in [1.54, 1.807) is 11.3 Å². The molecule has 0 aliphatic rings. The maximum absolute atomic E-state index is 4.21. The first kappa shape index (κ1) is 13.6. The van der Waals surface area contributed by atoms with E-state index in [-0.39, 0.29) is 0 Å². The molecule has 5 heteroatoms. The molecule has 0 saturated carbocycles. The summed E-state index contributed by atoms with van der Waals surface area (Å²) in [6, 6.07) is 2.60. The average molecular weight is 281 g/mol. The highest BCUT2D eigenvalue weighted by Crippen LogP contribution is 2.25. The molecule has 98 valence electrons. The van der Waals surface area contributed by atoms with Crippen LogP contribution in [-0.2, 0) is 12.8 Å². The second-order valence-corrected chi connectivity index (χ2v) is 5.78. The van der Waals surface area contributed by atoms with Crippen molar-refractivity contribution in [2.75, 3.05) is 6.54 Å². The lowest BCUT2D eigenvalue weighted by Crippen LogP contribution is -2.21. The number of hydrogen-bond donors (Lipinski definition) is 1. The third kappa shape index (κ3) is 3.37. The molecule has 0 radical (unpaired) electrons. The lowest BCUT2D eigenvalue weighted by Gasteiger charge is -2.16. The van der Waals surface area contributed by atoms with Crippen LogP contribution in [0.4, 0.5) is 0 Å². The Hall–Kier alpha value is -0.780. The molecule has 2 heterocycles. The van der Waals surface area contributed by atoms with Gasteiger partial charge in [-0.25, -0.2) is 0 Å². The second kappa shape index (κ2) is 6.97. The summed E-state index contributed by atoms with van der Waals surface area (Å²) < 4.78 is 4.09. The van der Waals surface area contributed by atoms with Crippen molar-refractivity contribution in [2.45, 2.75) is 39.2 Å². The van der Waals surface area contributed by atoms with Crippen LogP contribution in [0.25, 0.3) is 0 Å². The van der Waals surface area contributed by atoms with E-state index in [0.717, 1.165) is 31.5 Å². The number of nitrogens with one attached hydrogen (secondary N) is 1. The van der Waals surface area contributed by atoms with Crippen LogP contribution in [0, 0.1) is 0 Å². The highest BCUT2D eigenvalue weighted by molar-refractivity contribution is 7.08. The van der Waals surface area contributed by atoms with Gasteiger partial charge in [-0.2, -0.15) is 11.3 Å². The van der Waals surface area contributed by atoms with Gasteiger partial charge >= 0.3 is 0 Å². The van der Waals surface area contributed by atoms with Crippen LogP contribution in [-0.4, -0.2) is 16.1 Å². The number of nitrogens with zero attached hydrogens (tertiary/aromatic N) is 2. The number of hydrogen-bond acceptors (Lipinski definition) is 5. The fraction of sp³-hybridized carbons (Fsp3) is 0.538. The van der Waals surface area contributed by atoms with Crippen molar-refractivity contribution in [2.24, 2.45) is 0 Å². The average Bonchev–Trinajstić information content (AvgIpc) is 3.04. The second-order valence-electron chi connectivity index (χ2n) is 4.22. The number of aromatic nitrogens is 2. The van der Waals surface area contributed by atoms with Crippen molar-refractivity contribution >= 4 is 22.9 Å². The fourth-order valence-corrected chi connectivity index (χ4v) is 3.59. The Morgan fingerprint density at radius 3 is 2.94 bits per heavy atom. The summed E-state index contributed by atoms with van der Waals surface area (Å²) in [6.45, 7) is 5.27. The molecule has 0 spiro atoms. The summed E-state index contributed by atoms with van der Waals surface area (Å²) in [6.07, 6.45) is 3.19. The highest BCUT2D eigenvalue weighted by atomic mass is 32.1. The van der Waals surface area contributed by atoms with Gasteiger partial charge in [0.05, 0.1) is 10.6 Å². The van der Waals surface area contributed by atoms with Crippen LogP contribution >= 0.6 is 22.9 Å². The molecule has 1 atom stereocenters. The van der Waals surface area contributed by atoms with Crippen LogP contribution in [0.1, 0.15) is 42.4 Å². The van der Waals surface area contributed by atoms with Gasteiger partial charge in [0.1, 0.15) is 0 Å². The zero-order chi connectivity index (χ0) is 12.8. The van der Waals surface area contributed by atoms with Crippen molar-refractivity contribution in [1.29, 1.82) is 0 Å². The van der Waals surface area contributed by atoms with E-state index < -0.39 is 0 Å². The minimum Gasteiger partial charge on any atom is -0.309 e. The van der Waals surface area contributed by atoms with E-state index in [9.17, 15) is 0 Å². The van der Waals surface area contributed by atoms with E-state index >= 15 is 0 Å². The predicted octanol–water partition coefficient (Wildman–Crippen LogP) is 3.45. The van der Waals surface area contributed by atoms with Gasteiger partial charge in [-0.15, -0.1) is 5.10 Å². The molecule has 2 aromatic heterocycles. The molecule has 0 bridgehead atoms. The summed E-state index contributed by atoms with van der Waals surface area (Å²) in [4.78, 5) is 1.31. The van der Waals surface area contributed by atoms with Gasteiger partial charge in [0.25, 0.3) is 0 Å². The molecule has 0 fully saturated rings. The van der Waals surface area contributed by atoms with Crippen molar-refractivity contribution in [3.63, 3.8) is 0 Å². The number of aryl methyl sites for hydroxylation is 2. The predicted molar refractivity (Wildman–Crippen MR) is 78.3 cm³/mol. The largest absolute Gasteiger partial charge is 0.309 e. The van der Waals surface area contributed by atoms with Crippen molar-refractivity contribution < 1.29 is 0 Å². The maximum atomic E-state index is 4.21. The third-order valence-electron chi connectivity index (χ3n) is 2.99. The summed E-state index contributed by atoms with van der Waals surface area (Å²) in [5.74, 6) is 0. The van der Waals surface area contributed by atoms with Crippen molar-refractivity contribution in [1.82, 2.24) is 14.9 Å². The summed E-state index contributed by atoms with van der Waals surface area (Å²) >= 11 is 3.31. The van der Waals surface area contributed by atoms with Crippen LogP contribution < -0.4 is 5.32 Å². The van der Waals surface area contributed by atoms with Gasteiger partial charge in [-0.05, 0) is 59.7 Å². The van der Waals surface area contributed by atoms with E-state index in [1.807, 2.05) is 0 Å². The van der Waals surface area contributed by atoms with Crippen LogP contribution in [0.2, 0.25) is 0 Å². The molecule has 1 N–H and O–H groups in total. The normalized spacial score (nSPS) is 12.8. The summed E-state index contributed by atoms with van der Waals surface area (Å²) in [7, 11) is 0. The molecule has 0 aromatic carbocycles. The summed E-state index contributed by atoms with van der Waals surface area (Å²) in [5, 5.41) is 12.1. The monoisotopic (exact) mass is 281 g/mol. The minimum absolute atomic E-state index is 0.393. The Morgan fingerprint density at radius 2 is 2.28 bits per heavy atom. The zero-order valence-corrected chi connectivity index (χ0v) is 12.5. The van der Waals surface area contributed by atoms with Crippen molar-refractivity contribution in [3.8, 4) is 0 Å². The van der Waals surface area contributed by atoms with Gasteiger partial charge in [-0.3, -0.25) is 0 Å². The molecular formula is C13H19N3S2.